The monoisotopic (exact) mass is 311 g/mol. The van der Waals surface area contributed by atoms with Gasteiger partial charge in [0.25, 0.3) is 0 Å². The third-order valence-electron chi connectivity index (χ3n) is 4.28. The summed E-state index contributed by atoms with van der Waals surface area (Å²) >= 11 is 0. The maximum atomic E-state index is 4.93. The first-order valence-electron chi connectivity index (χ1n) is 8.62. The van der Waals surface area contributed by atoms with E-state index in [2.05, 4.69) is 54.6 Å². The van der Waals surface area contributed by atoms with Crippen LogP contribution >= 0.6 is 0 Å². The Bertz CT molecular complexity index is 692. The largest absolute Gasteiger partial charge is 0.354 e. The number of anilines is 1. The number of allylic oxidation sites excluding steroid dienone is 2. The van der Waals surface area contributed by atoms with Crippen LogP contribution in [0.4, 0.5) is 5.82 Å². The molecule has 23 heavy (non-hydrogen) atoms. The van der Waals surface area contributed by atoms with Crippen molar-refractivity contribution in [1.29, 1.82) is 0 Å². The van der Waals surface area contributed by atoms with Crippen molar-refractivity contribution in [3.63, 3.8) is 0 Å². The molecule has 0 N–H and O–H groups in total. The summed E-state index contributed by atoms with van der Waals surface area (Å²) < 4.78 is 0. The van der Waals surface area contributed by atoms with Crippen LogP contribution in [0.2, 0.25) is 0 Å². The quantitative estimate of drug-likeness (QED) is 0.836. The van der Waals surface area contributed by atoms with Crippen LogP contribution in [0.5, 0.6) is 0 Å². The molecule has 0 spiro atoms. The molecule has 3 rings (SSSR count). The van der Waals surface area contributed by atoms with E-state index in [0.29, 0.717) is 0 Å². The zero-order valence-electron chi connectivity index (χ0n) is 15.0. The number of hydrogen-bond donors (Lipinski definition) is 0. The van der Waals surface area contributed by atoms with E-state index < -0.39 is 0 Å². The molecule has 0 unspecified atom stereocenters. The molecular formula is C20H29N3. The highest BCUT2D eigenvalue weighted by Gasteiger charge is 2.17. The fraction of sp³-hybridized carbons (Fsp3) is 0.450. The Balaban J connectivity index is 0.000000924. The minimum absolute atomic E-state index is 0.996. The predicted octanol–water partition coefficient (Wildman–Crippen LogP) is 2.41. The van der Waals surface area contributed by atoms with Crippen LogP contribution in [0.3, 0.4) is 0 Å². The molecule has 0 saturated carbocycles. The van der Waals surface area contributed by atoms with Gasteiger partial charge in [-0.25, -0.2) is 4.98 Å². The molecule has 1 aromatic heterocycles. The number of pyridine rings is 1. The van der Waals surface area contributed by atoms with E-state index in [1.54, 1.807) is 0 Å². The minimum atomic E-state index is 0.996. The molecule has 1 aromatic rings. The summed E-state index contributed by atoms with van der Waals surface area (Å²) in [5, 5.41) is 2.29. The average Bonchev–Trinajstić information content (AvgIpc) is 2.78. The van der Waals surface area contributed by atoms with Crippen molar-refractivity contribution in [1.82, 2.24) is 9.88 Å². The van der Waals surface area contributed by atoms with E-state index >= 15 is 0 Å². The van der Waals surface area contributed by atoms with Crippen molar-refractivity contribution in [3.05, 3.63) is 40.4 Å². The number of nitrogens with zero attached hydrogens (tertiary/aromatic N) is 3. The fourth-order valence-electron chi connectivity index (χ4n) is 2.83. The van der Waals surface area contributed by atoms with Crippen molar-refractivity contribution in [2.45, 2.75) is 27.2 Å². The number of fused-ring (bicyclic) bond motifs is 1. The van der Waals surface area contributed by atoms with Crippen molar-refractivity contribution in [2.75, 3.05) is 38.1 Å². The molecule has 0 aromatic carbocycles. The van der Waals surface area contributed by atoms with Crippen LogP contribution in [0.15, 0.2) is 24.3 Å². The van der Waals surface area contributed by atoms with E-state index in [0.717, 1.165) is 49.3 Å². The molecule has 3 nitrogen and oxygen atoms in total. The Morgan fingerprint density at radius 1 is 1.13 bits per heavy atom. The SMILES string of the molecule is C=Cc1cc2c(nc1N1CCN(C)CC1)=CC=C(C)CC=2.CC. The highest BCUT2D eigenvalue weighted by Crippen LogP contribution is 2.17. The van der Waals surface area contributed by atoms with Crippen LogP contribution in [0.25, 0.3) is 18.2 Å². The summed E-state index contributed by atoms with van der Waals surface area (Å²) in [5.74, 6) is 1.08. The maximum absolute atomic E-state index is 4.93. The average molecular weight is 311 g/mol. The van der Waals surface area contributed by atoms with Gasteiger partial charge in [0, 0.05) is 31.7 Å². The van der Waals surface area contributed by atoms with E-state index in [-0.39, 0.29) is 0 Å². The van der Waals surface area contributed by atoms with Crippen LogP contribution < -0.4 is 15.5 Å². The second kappa shape index (κ2) is 8.11. The summed E-state index contributed by atoms with van der Waals surface area (Å²) in [5.41, 5.74) is 2.51. The van der Waals surface area contributed by atoms with Crippen LogP contribution in [-0.4, -0.2) is 43.1 Å². The summed E-state index contributed by atoms with van der Waals surface area (Å²) in [6, 6.07) is 2.23. The molecule has 0 radical (unpaired) electrons. The van der Waals surface area contributed by atoms with Gasteiger partial charge < -0.3 is 9.80 Å². The van der Waals surface area contributed by atoms with Gasteiger partial charge >= 0.3 is 0 Å². The topological polar surface area (TPSA) is 19.4 Å². The lowest BCUT2D eigenvalue weighted by atomic mass is 10.1. The first-order valence-corrected chi connectivity index (χ1v) is 8.62. The van der Waals surface area contributed by atoms with Crippen molar-refractivity contribution in [3.8, 4) is 0 Å². The molecule has 0 amide bonds. The number of aromatic nitrogens is 1. The van der Waals surface area contributed by atoms with Gasteiger partial charge in [0.05, 0.1) is 5.35 Å². The lowest BCUT2D eigenvalue weighted by Gasteiger charge is -2.34. The van der Waals surface area contributed by atoms with E-state index in [1.807, 2.05) is 19.9 Å². The van der Waals surface area contributed by atoms with Gasteiger partial charge in [0.1, 0.15) is 5.82 Å². The van der Waals surface area contributed by atoms with Crippen molar-refractivity contribution >= 4 is 24.0 Å². The standard InChI is InChI=1S/C18H23N3.C2H6/c1-4-15-13-16-7-5-14(2)6-8-17(16)19-18(15)21-11-9-20(3)10-12-21;1-2/h4,6-8,13H,1,5,9-12H2,2-3H3;1-2H3. The second-order valence-corrected chi connectivity index (χ2v) is 5.96. The zero-order chi connectivity index (χ0) is 16.8. The predicted molar refractivity (Wildman–Crippen MR) is 102 cm³/mol. The third kappa shape index (κ3) is 4.11. The fourth-order valence-corrected chi connectivity index (χ4v) is 2.83. The summed E-state index contributed by atoms with van der Waals surface area (Å²) in [6.45, 7) is 14.4. The first kappa shape index (κ1) is 17.5. The maximum Gasteiger partial charge on any atom is 0.136 e. The van der Waals surface area contributed by atoms with E-state index in [9.17, 15) is 0 Å². The highest BCUT2D eigenvalue weighted by atomic mass is 15.3. The van der Waals surface area contributed by atoms with Gasteiger partial charge in [0.2, 0.25) is 0 Å². The minimum Gasteiger partial charge on any atom is -0.354 e. The van der Waals surface area contributed by atoms with Crippen LogP contribution in [-0.2, 0) is 0 Å². The molecule has 2 aliphatic rings. The van der Waals surface area contributed by atoms with E-state index in [4.69, 9.17) is 4.98 Å². The zero-order valence-corrected chi connectivity index (χ0v) is 15.0. The molecule has 1 saturated heterocycles. The smallest absolute Gasteiger partial charge is 0.136 e. The van der Waals surface area contributed by atoms with Crippen LogP contribution in [0.1, 0.15) is 32.8 Å². The van der Waals surface area contributed by atoms with Gasteiger partial charge in [-0.15, -0.1) is 0 Å². The van der Waals surface area contributed by atoms with Gasteiger partial charge in [-0.3, -0.25) is 0 Å². The lowest BCUT2D eigenvalue weighted by Crippen LogP contribution is -2.46. The lowest BCUT2D eigenvalue weighted by molar-refractivity contribution is 0.312. The number of rotatable bonds is 2. The van der Waals surface area contributed by atoms with Gasteiger partial charge in [-0.2, -0.15) is 0 Å². The molecule has 0 atom stereocenters. The normalized spacial score (nSPS) is 17.6. The number of likely N-dealkylation sites (N-methyl/N-ethyl adjacent to an activating group) is 1. The summed E-state index contributed by atoms with van der Waals surface area (Å²) in [6.07, 6.45) is 9.51. The molecule has 3 heteroatoms. The molecular weight excluding hydrogens is 282 g/mol. The Kier molecular flexibility index (Phi) is 6.17. The molecule has 1 aliphatic heterocycles. The molecule has 0 bridgehead atoms. The second-order valence-electron chi connectivity index (χ2n) is 5.96. The van der Waals surface area contributed by atoms with E-state index in [1.165, 1.54) is 10.8 Å². The van der Waals surface area contributed by atoms with Gasteiger partial charge in [-0.1, -0.05) is 44.2 Å². The Morgan fingerprint density at radius 3 is 2.48 bits per heavy atom. The summed E-state index contributed by atoms with van der Waals surface area (Å²) in [4.78, 5) is 9.67. The molecule has 2 heterocycles. The number of hydrogen-bond acceptors (Lipinski definition) is 3. The number of piperazine rings is 1. The Hall–Kier alpha value is -1.87. The highest BCUT2D eigenvalue weighted by molar-refractivity contribution is 5.64. The first-order chi connectivity index (χ1) is 11.2. The Labute approximate surface area is 140 Å². The molecule has 124 valence electrons. The molecule has 1 fully saturated rings. The third-order valence-corrected chi connectivity index (χ3v) is 4.28. The van der Waals surface area contributed by atoms with Gasteiger partial charge in [0.15, 0.2) is 0 Å². The van der Waals surface area contributed by atoms with Crippen molar-refractivity contribution < 1.29 is 0 Å². The van der Waals surface area contributed by atoms with Crippen molar-refractivity contribution in [2.24, 2.45) is 0 Å². The van der Waals surface area contributed by atoms with Gasteiger partial charge in [-0.05, 0) is 37.8 Å². The van der Waals surface area contributed by atoms with Crippen LogP contribution in [0, 0.1) is 0 Å². The Morgan fingerprint density at radius 2 is 1.83 bits per heavy atom. The summed E-state index contributed by atoms with van der Waals surface area (Å²) in [7, 11) is 2.17. The molecule has 1 aliphatic carbocycles.